The van der Waals surface area contributed by atoms with Crippen LogP contribution in [0, 0.1) is 0 Å². The first-order chi connectivity index (χ1) is 16.7. The van der Waals surface area contributed by atoms with Crippen molar-refractivity contribution < 1.29 is 13.6 Å². The molecular formula is C27H37ClN4O3Si. The van der Waals surface area contributed by atoms with Gasteiger partial charge in [0.2, 0.25) is 0 Å². The fourth-order valence-corrected chi connectivity index (χ4v) is 4.18. The van der Waals surface area contributed by atoms with Gasteiger partial charge in [-0.15, -0.1) is 0 Å². The average molecular weight is 529 g/mol. The molecule has 3 aromatic rings. The Morgan fingerprint density at radius 3 is 2.42 bits per heavy atom. The topological polar surface area (TPSA) is 89.3 Å². The number of rotatable bonds is 7. The molecule has 36 heavy (non-hydrogen) atoms. The largest absolute Gasteiger partial charge is 0.443 e. The number of oxazole rings is 1. The second kappa shape index (κ2) is 10.7. The van der Waals surface area contributed by atoms with Gasteiger partial charge in [0.1, 0.15) is 5.69 Å². The van der Waals surface area contributed by atoms with Crippen molar-refractivity contribution in [1.82, 2.24) is 15.3 Å². The Hall–Kier alpha value is -2.68. The van der Waals surface area contributed by atoms with Gasteiger partial charge in [0, 0.05) is 16.0 Å². The molecule has 2 aromatic heterocycles. The van der Waals surface area contributed by atoms with Crippen molar-refractivity contribution in [1.29, 1.82) is 0 Å². The summed E-state index contributed by atoms with van der Waals surface area (Å²) in [6.07, 6.45) is 1.63. The Morgan fingerprint density at radius 2 is 1.83 bits per heavy atom. The van der Waals surface area contributed by atoms with Crippen LogP contribution in [0.25, 0.3) is 11.3 Å². The third-order valence-electron chi connectivity index (χ3n) is 6.32. The fourth-order valence-electron chi connectivity index (χ4n) is 3.04. The molecule has 1 aromatic carbocycles. The molecule has 2 N–H and O–H groups in total. The van der Waals surface area contributed by atoms with Crippen LogP contribution in [0.15, 0.2) is 47.0 Å². The Bertz CT molecular complexity index is 1190. The maximum absolute atomic E-state index is 12.6. The number of hydrogen-bond donors (Lipinski definition) is 2. The summed E-state index contributed by atoms with van der Waals surface area (Å²) in [5.74, 6) is 1.16. The normalized spacial score (nSPS) is 12.5. The van der Waals surface area contributed by atoms with E-state index in [4.69, 9.17) is 25.4 Å². The van der Waals surface area contributed by atoms with Crippen LogP contribution in [0.3, 0.4) is 0 Å². The quantitative estimate of drug-likeness (QED) is 0.309. The molecule has 2 amide bonds. The highest BCUT2D eigenvalue weighted by Crippen LogP contribution is 2.37. The number of aromatic nitrogens is 2. The van der Waals surface area contributed by atoms with E-state index in [-0.39, 0.29) is 23.0 Å². The van der Waals surface area contributed by atoms with Crippen LogP contribution in [0.2, 0.25) is 23.2 Å². The van der Waals surface area contributed by atoms with Crippen LogP contribution in [-0.2, 0) is 23.0 Å². The first-order valence-electron chi connectivity index (χ1n) is 12.1. The summed E-state index contributed by atoms with van der Waals surface area (Å²) < 4.78 is 12.3. The molecule has 0 unspecified atom stereocenters. The maximum atomic E-state index is 12.6. The zero-order valence-electron chi connectivity index (χ0n) is 22.5. The van der Waals surface area contributed by atoms with Crippen LogP contribution >= 0.6 is 11.6 Å². The predicted octanol–water partition coefficient (Wildman–Crippen LogP) is 7.53. The standard InChI is InChI=1S/C27H37ClN4O3Si/c1-26(2,3)24-32-23(18-10-9-11-19(28)14-18)22(35-24)16-30-25(33)31-20-12-13-21(29-15-20)17-34-36(7,8)27(4,5)6/h9-15H,16-17H2,1-8H3,(H2,30,31,33). The van der Waals surface area contributed by atoms with Gasteiger partial charge >= 0.3 is 6.03 Å². The number of urea groups is 1. The van der Waals surface area contributed by atoms with Crippen molar-refractivity contribution >= 4 is 31.6 Å². The van der Waals surface area contributed by atoms with Gasteiger partial charge in [-0.25, -0.2) is 9.78 Å². The number of pyridine rings is 1. The Balaban J connectivity index is 1.64. The minimum Gasteiger partial charge on any atom is -0.443 e. The summed E-state index contributed by atoms with van der Waals surface area (Å²) in [6.45, 7) is 17.7. The number of nitrogens with zero attached hydrogens (tertiary/aromatic N) is 2. The van der Waals surface area contributed by atoms with E-state index in [2.05, 4.69) is 49.5 Å². The molecule has 3 rings (SSSR count). The first-order valence-corrected chi connectivity index (χ1v) is 15.3. The maximum Gasteiger partial charge on any atom is 0.319 e. The molecule has 0 atom stereocenters. The summed E-state index contributed by atoms with van der Waals surface area (Å²) in [5, 5.41) is 6.40. The summed E-state index contributed by atoms with van der Waals surface area (Å²) in [5.41, 5.74) is 2.63. The molecule has 0 aliphatic carbocycles. The molecule has 9 heteroatoms. The molecule has 0 saturated carbocycles. The van der Waals surface area contributed by atoms with Crippen molar-refractivity contribution in [3.8, 4) is 11.3 Å². The first kappa shape index (κ1) is 27.9. The molecule has 0 radical (unpaired) electrons. The highest BCUT2D eigenvalue weighted by atomic mass is 35.5. The molecule has 7 nitrogen and oxygen atoms in total. The lowest BCUT2D eigenvalue weighted by molar-refractivity contribution is 0.250. The number of amides is 2. The summed E-state index contributed by atoms with van der Waals surface area (Å²) in [7, 11) is -1.85. The molecular weight excluding hydrogens is 492 g/mol. The zero-order valence-corrected chi connectivity index (χ0v) is 24.2. The van der Waals surface area contributed by atoms with E-state index in [0.717, 1.165) is 11.3 Å². The molecule has 0 fully saturated rings. The number of carbonyl (C=O) groups excluding carboxylic acids is 1. The van der Waals surface area contributed by atoms with Crippen LogP contribution in [0.1, 0.15) is 58.9 Å². The lowest BCUT2D eigenvalue weighted by Gasteiger charge is -2.36. The molecule has 0 spiro atoms. The predicted molar refractivity (Wildman–Crippen MR) is 148 cm³/mol. The monoisotopic (exact) mass is 528 g/mol. The van der Waals surface area contributed by atoms with Gasteiger partial charge in [0.05, 0.1) is 30.7 Å². The third-order valence-corrected chi connectivity index (χ3v) is 11.0. The summed E-state index contributed by atoms with van der Waals surface area (Å²) in [4.78, 5) is 21.7. The SMILES string of the molecule is CC(C)(C)c1nc(-c2cccc(Cl)c2)c(CNC(=O)Nc2ccc(CO[Si](C)(C)C(C)(C)C)nc2)o1. The third kappa shape index (κ3) is 7.18. The van der Waals surface area contributed by atoms with Crippen molar-refractivity contribution in [2.45, 2.75) is 78.2 Å². The molecule has 0 aliphatic heterocycles. The van der Waals surface area contributed by atoms with Gasteiger partial charge in [-0.3, -0.25) is 4.98 Å². The van der Waals surface area contributed by atoms with Gasteiger partial charge in [0.25, 0.3) is 0 Å². The number of anilines is 1. The van der Waals surface area contributed by atoms with E-state index < -0.39 is 8.32 Å². The molecule has 0 saturated heterocycles. The van der Waals surface area contributed by atoms with Crippen LogP contribution in [-0.4, -0.2) is 24.3 Å². The second-order valence-corrected chi connectivity index (χ2v) is 16.7. The van der Waals surface area contributed by atoms with Crippen LogP contribution < -0.4 is 10.6 Å². The molecule has 2 heterocycles. The van der Waals surface area contributed by atoms with Crippen molar-refractivity contribution in [2.75, 3.05) is 5.32 Å². The lowest BCUT2D eigenvalue weighted by Crippen LogP contribution is -2.40. The smallest absolute Gasteiger partial charge is 0.319 e. The summed E-state index contributed by atoms with van der Waals surface area (Å²) >= 11 is 6.18. The van der Waals surface area contributed by atoms with Gasteiger partial charge < -0.3 is 19.5 Å². The van der Waals surface area contributed by atoms with Gasteiger partial charge in [-0.2, -0.15) is 0 Å². The average Bonchev–Trinajstić information content (AvgIpc) is 3.21. The highest BCUT2D eigenvalue weighted by molar-refractivity contribution is 6.74. The van der Waals surface area contributed by atoms with Gasteiger partial charge in [-0.05, 0) is 42.4 Å². The number of carbonyl (C=O) groups is 1. The Morgan fingerprint density at radius 1 is 1.11 bits per heavy atom. The minimum absolute atomic E-state index is 0.135. The zero-order chi connectivity index (χ0) is 26.7. The molecule has 194 valence electrons. The lowest BCUT2D eigenvalue weighted by atomic mass is 9.97. The number of benzene rings is 1. The molecule has 0 bridgehead atoms. The second-order valence-electron chi connectivity index (χ2n) is 11.4. The van der Waals surface area contributed by atoms with Crippen LogP contribution in [0.4, 0.5) is 10.5 Å². The van der Waals surface area contributed by atoms with E-state index in [9.17, 15) is 4.79 Å². The number of halogens is 1. The Kier molecular flexibility index (Phi) is 8.32. The van der Waals surface area contributed by atoms with E-state index in [1.165, 1.54) is 0 Å². The summed E-state index contributed by atoms with van der Waals surface area (Å²) in [6, 6.07) is 10.7. The van der Waals surface area contributed by atoms with E-state index in [1.807, 2.05) is 51.1 Å². The Labute approximate surface area is 220 Å². The van der Waals surface area contributed by atoms with E-state index >= 15 is 0 Å². The molecule has 0 aliphatic rings. The minimum atomic E-state index is -1.85. The number of nitrogens with one attached hydrogen (secondary N) is 2. The van der Waals surface area contributed by atoms with Gasteiger partial charge in [-0.1, -0.05) is 65.3 Å². The van der Waals surface area contributed by atoms with E-state index in [0.29, 0.717) is 34.7 Å². The van der Waals surface area contributed by atoms with E-state index in [1.54, 1.807) is 12.3 Å². The van der Waals surface area contributed by atoms with Crippen LogP contribution in [0.5, 0.6) is 0 Å². The highest BCUT2D eigenvalue weighted by Gasteiger charge is 2.37. The van der Waals surface area contributed by atoms with Crippen molar-refractivity contribution in [3.63, 3.8) is 0 Å². The fraction of sp³-hybridized carbons (Fsp3) is 0.444. The van der Waals surface area contributed by atoms with Gasteiger partial charge in [0.15, 0.2) is 20.0 Å². The van der Waals surface area contributed by atoms with Crippen molar-refractivity contribution in [2.24, 2.45) is 0 Å². The number of hydrogen-bond acceptors (Lipinski definition) is 5. The van der Waals surface area contributed by atoms with Crippen molar-refractivity contribution in [3.05, 3.63) is 65.0 Å².